The van der Waals surface area contributed by atoms with E-state index in [-0.39, 0.29) is 12.1 Å². The van der Waals surface area contributed by atoms with Gasteiger partial charge >= 0.3 is 6.03 Å². The molecule has 0 aliphatic carbocycles. The molecule has 7 nitrogen and oxygen atoms in total. The molecule has 1 N–H and O–H groups in total. The molecule has 1 aliphatic rings. The average molecular weight is 369 g/mol. The van der Waals surface area contributed by atoms with Gasteiger partial charge in [0, 0.05) is 39.6 Å². The largest absolute Gasteiger partial charge is 0.470 e. The van der Waals surface area contributed by atoms with Gasteiger partial charge in [-0.2, -0.15) is 0 Å². The zero-order valence-electron chi connectivity index (χ0n) is 16.0. The highest BCUT2D eigenvalue weighted by molar-refractivity contribution is 5.74. The fourth-order valence-electron chi connectivity index (χ4n) is 3.15. The van der Waals surface area contributed by atoms with Crippen molar-refractivity contribution < 1.29 is 9.53 Å². The van der Waals surface area contributed by atoms with Crippen LogP contribution in [0.15, 0.2) is 42.7 Å². The zero-order valence-corrected chi connectivity index (χ0v) is 16.0. The van der Waals surface area contributed by atoms with E-state index in [1.165, 1.54) is 5.56 Å². The molecule has 1 saturated heterocycles. The highest BCUT2D eigenvalue weighted by atomic mass is 16.5. The quantitative estimate of drug-likeness (QED) is 0.846. The van der Waals surface area contributed by atoms with Crippen LogP contribution in [0.5, 0.6) is 5.88 Å². The van der Waals surface area contributed by atoms with Crippen LogP contribution in [0.3, 0.4) is 0 Å². The monoisotopic (exact) mass is 369 g/mol. The number of likely N-dealkylation sites (tertiary alicyclic amines) is 1. The summed E-state index contributed by atoms with van der Waals surface area (Å²) in [5.74, 6) is 1.21. The number of nitrogens with one attached hydrogen (secondary N) is 1. The molecule has 0 spiro atoms. The van der Waals surface area contributed by atoms with Crippen molar-refractivity contribution in [2.45, 2.75) is 25.4 Å². The third-order valence-electron chi connectivity index (χ3n) is 4.55. The lowest BCUT2D eigenvalue weighted by atomic mass is 10.1. The van der Waals surface area contributed by atoms with Gasteiger partial charge in [0.05, 0.1) is 6.54 Å². The third kappa shape index (κ3) is 5.32. The Morgan fingerprint density at radius 1 is 1.26 bits per heavy atom. The molecule has 0 bridgehead atoms. The van der Waals surface area contributed by atoms with Crippen molar-refractivity contribution in [1.82, 2.24) is 20.2 Å². The third-order valence-corrected chi connectivity index (χ3v) is 4.55. The van der Waals surface area contributed by atoms with Crippen molar-refractivity contribution in [2.75, 3.05) is 38.6 Å². The predicted molar refractivity (Wildman–Crippen MR) is 105 cm³/mol. The number of hydrogen-bond donors (Lipinski definition) is 1. The summed E-state index contributed by atoms with van der Waals surface area (Å²) < 4.78 is 6.07. The lowest BCUT2D eigenvalue weighted by molar-refractivity contribution is 0.0980. The van der Waals surface area contributed by atoms with E-state index in [0.29, 0.717) is 24.8 Å². The van der Waals surface area contributed by atoms with Crippen molar-refractivity contribution in [3.8, 4) is 5.88 Å². The molecule has 1 atom stereocenters. The van der Waals surface area contributed by atoms with E-state index < -0.39 is 0 Å². The van der Waals surface area contributed by atoms with Gasteiger partial charge in [-0.25, -0.2) is 14.8 Å². The summed E-state index contributed by atoms with van der Waals surface area (Å²) >= 11 is 0. The van der Waals surface area contributed by atoms with Gasteiger partial charge in [-0.15, -0.1) is 0 Å². The maximum absolute atomic E-state index is 12.5. The van der Waals surface area contributed by atoms with Gasteiger partial charge in [-0.05, 0) is 24.8 Å². The number of ether oxygens (including phenoxy) is 1. The summed E-state index contributed by atoms with van der Waals surface area (Å²) in [5, 5.41) is 3.01. The summed E-state index contributed by atoms with van der Waals surface area (Å²) in [5.41, 5.74) is 1.22. The first-order chi connectivity index (χ1) is 13.1. The van der Waals surface area contributed by atoms with Crippen LogP contribution < -0.4 is 15.0 Å². The molecule has 3 rings (SSSR count). The van der Waals surface area contributed by atoms with Crippen molar-refractivity contribution in [2.24, 2.45) is 0 Å². The minimum absolute atomic E-state index is 0.0359. The molecule has 1 aromatic heterocycles. The maximum atomic E-state index is 12.5. The number of hydrogen-bond acceptors (Lipinski definition) is 5. The number of benzene rings is 1. The predicted octanol–water partition coefficient (Wildman–Crippen LogP) is 2.34. The summed E-state index contributed by atoms with van der Waals surface area (Å²) in [6.07, 6.45) is 5.83. The Hall–Kier alpha value is -2.83. The van der Waals surface area contributed by atoms with Crippen molar-refractivity contribution in [3.63, 3.8) is 0 Å². The van der Waals surface area contributed by atoms with E-state index in [1.807, 2.05) is 42.1 Å². The van der Waals surface area contributed by atoms with E-state index in [2.05, 4.69) is 27.4 Å². The normalized spacial score (nSPS) is 16.7. The summed E-state index contributed by atoms with van der Waals surface area (Å²) in [6, 6.07) is 10.1. The Bertz CT molecular complexity index is 738. The number of aromatic nitrogens is 2. The Balaban J connectivity index is 1.51. The van der Waals surface area contributed by atoms with Crippen LogP contribution in [0.4, 0.5) is 10.6 Å². The number of anilines is 1. The summed E-state index contributed by atoms with van der Waals surface area (Å²) in [4.78, 5) is 24.8. The molecule has 7 heteroatoms. The Morgan fingerprint density at radius 2 is 2.04 bits per heavy atom. The number of piperidine rings is 1. The molecule has 144 valence electrons. The smallest absolute Gasteiger partial charge is 0.317 e. The molecule has 2 heterocycles. The topological polar surface area (TPSA) is 70.6 Å². The van der Waals surface area contributed by atoms with Crippen LogP contribution in [0, 0.1) is 0 Å². The lowest BCUT2D eigenvalue weighted by Crippen LogP contribution is -2.49. The zero-order chi connectivity index (χ0) is 19.1. The molecule has 2 aromatic rings. The SMILES string of the molecule is CN(C)c1nccnc1OC1CCCN(C(=O)NCCc2ccccc2)C1. The second-order valence-electron chi connectivity index (χ2n) is 6.88. The van der Waals surface area contributed by atoms with E-state index in [1.54, 1.807) is 12.4 Å². The number of carbonyl (C=O) groups excluding carboxylic acids is 1. The van der Waals surface area contributed by atoms with Gasteiger partial charge < -0.3 is 19.9 Å². The fraction of sp³-hybridized carbons (Fsp3) is 0.450. The Morgan fingerprint density at radius 3 is 2.81 bits per heavy atom. The van der Waals surface area contributed by atoms with Crippen LogP contribution in [-0.4, -0.2) is 60.7 Å². The second kappa shape index (κ2) is 9.21. The van der Waals surface area contributed by atoms with Gasteiger partial charge in [0.2, 0.25) is 0 Å². The standard InChI is InChI=1S/C20H27N5O2/c1-24(2)18-19(22-13-12-21-18)27-17-9-6-14-25(15-17)20(26)23-11-10-16-7-4-3-5-8-16/h3-5,7-8,12-13,17H,6,9-11,14-15H2,1-2H3,(H,23,26). The number of nitrogens with zero attached hydrogens (tertiary/aromatic N) is 4. The molecule has 2 amide bonds. The van der Waals surface area contributed by atoms with Gasteiger partial charge in [0.1, 0.15) is 6.10 Å². The van der Waals surface area contributed by atoms with Gasteiger partial charge in [0.15, 0.2) is 5.82 Å². The second-order valence-corrected chi connectivity index (χ2v) is 6.88. The fourth-order valence-corrected chi connectivity index (χ4v) is 3.15. The first kappa shape index (κ1) is 18.9. The van der Waals surface area contributed by atoms with Crippen LogP contribution >= 0.6 is 0 Å². The number of amides is 2. The molecule has 0 saturated carbocycles. The maximum Gasteiger partial charge on any atom is 0.317 e. The van der Waals surface area contributed by atoms with Crippen LogP contribution in [-0.2, 0) is 6.42 Å². The van der Waals surface area contributed by atoms with E-state index >= 15 is 0 Å². The molecule has 0 radical (unpaired) electrons. The average Bonchev–Trinajstić information content (AvgIpc) is 2.69. The van der Waals surface area contributed by atoms with E-state index in [9.17, 15) is 4.79 Å². The molecule has 1 aliphatic heterocycles. The highest BCUT2D eigenvalue weighted by Crippen LogP contribution is 2.24. The molecular weight excluding hydrogens is 342 g/mol. The molecule has 1 unspecified atom stereocenters. The number of rotatable bonds is 6. The van der Waals surface area contributed by atoms with E-state index in [0.717, 1.165) is 25.8 Å². The first-order valence-corrected chi connectivity index (χ1v) is 9.35. The highest BCUT2D eigenvalue weighted by Gasteiger charge is 2.26. The minimum atomic E-state index is -0.0750. The summed E-state index contributed by atoms with van der Waals surface area (Å²) in [6.45, 7) is 1.93. The lowest BCUT2D eigenvalue weighted by Gasteiger charge is -2.33. The van der Waals surface area contributed by atoms with Gasteiger partial charge in [-0.1, -0.05) is 30.3 Å². The molecular formula is C20H27N5O2. The van der Waals surface area contributed by atoms with Crippen LogP contribution in [0.1, 0.15) is 18.4 Å². The van der Waals surface area contributed by atoms with Gasteiger partial charge in [-0.3, -0.25) is 0 Å². The van der Waals surface area contributed by atoms with Gasteiger partial charge in [0.25, 0.3) is 5.88 Å². The molecule has 27 heavy (non-hydrogen) atoms. The van der Waals surface area contributed by atoms with Crippen LogP contribution in [0.25, 0.3) is 0 Å². The van der Waals surface area contributed by atoms with Crippen molar-refractivity contribution >= 4 is 11.8 Å². The van der Waals surface area contributed by atoms with Crippen molar-refractivity contribution in [3.05, 3.63) is 48.3 Å². The minimum Gasteiger partial charge on any atom is -0.470 e. The molecule has 1 aromatic carbocycles. The Labute approximate surface area is 160 Å². The van der Waals surface area contributed by atoms with Crippen LogP contribution in [0.2, 0.25) is 0 Å². The van der Waals surface area contributed by atoms with E-state index in [4.69, 9.17) is 4.74 Å². The Kier molecular flexibility index (Phi) is 6.46. The number of urea groups is 1. The summed E-state index contributed by atoms with van der Waals surface area (Å²) in [7, 11) is 3.81. The molecule has 1 fully saturated rings. The van der Waals surface area contributed by atoms with Crippen molar-refractivity contribution in [1.29, 1.82) is 0 Å². The first-order valence-electron chi connectivity index (χ1n) is 9.35. The number of carbonyl (C=O) groups is 1.